The van der Waals surface area contributed by atoms with E-state index in [4.69, 9.17) is 4.74 Å². The minimum atomic E-state index is -0.766. The van der Waals surface area contributed by atoms with Crippen LogP contribution in [0, 0.1) is 16.7 Å². The molecule has 3 rings (SSSR count). The van der Waals surface area contributed by atoms with Crippen molar-refractivity contribution in [2.24, 2.45) is 5.41 Å². The van der Waals surface area contributed by atoms with Crippen LogP contribution >= 0.6 is 11.8 Å². The molecule has 1 saturated carbocycles. The highest BCUT2D eigenvalue weighted by molar-refractivity contribution is 7.99. The van der Waals surface area contributed by atoms with Gasteiger partial charge in [0.05, 0.1) is 19.3 Å². The number of thioether (sulfide) groups is 1. The second-order valence-electron chi connectivity index (χ2n) is 6.71. The van der Waals surface area contributed by atoms with Gasteiger partial charge in [0.25, 0.3) is 0 Å². The van der Waals surface area contributed by atoms with Crippen molar-refractivity contribution in [1.29, 1.82) is 5.26 Å². The summed E-state index contributed by atoms with van der Waals surface area (Å²) in [6, 6.07) is 2.29. The first-order chi connectivity index (χ1) is 10.7. The molecule has 2 heterocycles. The fourth-order valence-electron chi connectivity index (χ4n) is 3.92. The van der Waals surface area contributed by atoms with Crippen molar-refractivity contribution in [2.75, 3.05) is 44.4 Å². The maximum absolute atomic E-state index is 12.6. The summed E-state index contributed by atoms with van der Waals surface area (Å²) in [5.41, 5.74) is -0.711. The van der Waals surface area contributed by atoms with Crippen molar-refractivity contribution >= 4 is 17.7 Å². The quantitative estimate of drug-likeness (QED) is 0.847. The lowest BCUT2D eigenvalue weighted by molar-refractivity contribution is -0.128. The largest absolute Gasteiger partial charge is 0.379 e. The van der Waals surface area contributed by atoms with Crippen LogP contribution in [0.3, 0.4) is 0 Å². The minimum Gasteiger partial charge on any atom is -0.379 e. The Labute approximate surface area is 136 Å². The zero-order valence-corrected chi connectivity index (χ0v) is 13.9. The molecule has 0 aromatic rings. The highest BCUT2D eigenvalue weighted by Crippen LogP contribution is 2.38. The zero-order valence-electron chi connectivity index (χ0n) is 13.1. The van der Waals surface area contributed by atoms with E-state index in [0.717, 1.165) is 57.1 Å². The predicted octanol–water partition coefficient (Wildman–Crippen LogP) is 1.39. The van der Waals surface area contributed by atoms with E-state index in [9.17, 15) is 10.1 Å². The summed E-state index contributed by atoms with van der Waals surface area (Å²) in [5.74, 6) is 2.17. The number of amides is 1. The van der Waals surface area contributed by atoms with Gasteiger partial charge in [0, 0.05) is 30.9 Å². The third-order valence-electron chi connectivity index (χ3n) is 5.45. The first-order valence-corrected chi connectivity index (χ1v) is 9.46. The van der Waals surface area contributed by atoms with Crippen LogP contribution in [0.15, 0.2) is 0 Å². The van der Waals surface area contributed by atoms with Crippen LogP contribution in [0.5, 0.6) is 0 Å². The summed E-state index contributed by atoms with van der Waals surface area (Å²) in [6.45, 7) is 4.12. The summed E-state index contributed by atoms with van der Waals surface area (Å²) in [6.07, 6.45) is 4.53. The molecule has 0 radical (unpaired) electrons. The highest BCUT2D eigenvalue weighted by Gasteiger charge is 2.45. The average Bonchev–Trinajstić information content (AvgIpc) is 3.24. The van der Waals surface area contributed by atoms with E-state index >= 15 is 0 Å². The van der Waals surface area contributed by atoms with E-state index in [1.807, 2.05) is 11.8 Å². The van der Waals surface area contributed by atoms with E-state index in [1.165, 1.54) is 0 Å². The van der Waals surface area contributed by atoms with Gasteiger partial charge in [0.15, 0.2) is 0 Å². The summed E-state index contributed by atoms with van der Waals surface area (Å²) >= 11 is 1.96. The number of rotatable bonds is 4. The molecule has 1 unspecified atom stereocenters. The van der Waals surface area contributed by atoms with Gasteiger partial charge in [-0.1, -0.05) is 12.8 Å². The lowest BCUT2D eigenvalue weighted by atomic mass is 9.86. The summed E-state index contributed by atoms with van der Waals surface area (Å²) in [4.78, 5) is 15.1. The Bertz CT molecular complexity index is 445. The van der Waals surface area contributed by atoms with Gasteiger partial charge < -0.3 is 10.1 Å². The molecule has 1 N–H and O–H groups in total. The van der Waals surface area contributed by atoms with E-state index in [1.54, 1.807) is 0 Å². The monoisotopic (exact) mass is 323 g/mol. The van der Waals surface area contributed by atoms with Crippen LogP contribution in [0.2, 0.25) is 0 Å². The molecular weight excluding hydrogens is 298 g/mol. The molecule has 0 aromatic carbocycles. The van der Waals surface area contributed by atoms with E-state index in [-0.39, 0.29) is 11.4 Å². The highest BCUT2D eigenvalue weighted by atomic mass is 32.2. The molecule has 0 bridgehead atoms. The third kappa shape index (κ3) is 2.99. The lowest BCUT2D eigenvalue weighted by Crippen LogP contribution is -2.60. The van der Waals surface area contributed by atoms with Crippen molar-refractivity contribution < 1.29 is 9.53 Å². The van der Waals surface area contributed by atoms with E-state index in [0.29, 0.717) is 19.4 Å². The van der Waals surface area contributed by atoms with Gasteiger partial charge in [-0.25, -0.2) is 0 Å². The number of morpholine rings is 1. The van der Waals surface area contributed by atoms with E-state index < -0.39 is 5.41 Å². The Morgan fingerprint density at radius 2 is 2.00 bits per heavy atom. The predicted molar refractivity (Wildman–Crippen MR) is 86.6 cm³/mol. The molecule has 1 aliphatic carbocycles. The Kier molecular flexibility index (Phi) is 4.96. The molecule has 0 spiro atoms. The van der Waals surface area contributed by atoms with Crippen molar-refractivity contribution in [2.45, 2.75) is 37.6 Å². The van der Waals surface area contributed by atoms with Gasteiger partial charge in [-0.3, -0.25) is 9.69 Å². The minimum absolute atomic E-state index is 0.0444. The first kappa shape index (κ1) is 16.1. The smallest absolute Gasteiger partial charge is 0.240 e. The summed E-state index contributed by atoms with van der Waals surface area (Å²) in [5, 5.41) is 12.6. The fraction of sp³-hybridized carbons (Fsp3) is 0.875. The Balaban J connectivity index is 1.64. The second-order valence-corrected chi connectivity index (χ2v) is 7.82. The molecule has 2 aliphatic heterocycles. The second kappa shape index (κ2) is 6.77. The number of hydrogen-bond acceptors (Lipinski definition) is 5. The van der Waals surface area contributed by atoms with Gasteiger partial charge in [-0.2, -0.15) is 17.0 Å². The molecule has 0 aromatic heterocycles. The van der Waals surface area contributed by atoms with Gasteiger partial charge in [-0.15, -0.1) is 0 Å². The molecule has 2 saturated heterocycles. The molecule has 3 fully saturated rings. The van der Waals surface area contributed by atoms with Crippen LogP contribution in [-0.4, -0.2) is 60.7 Å². The Hall–Kier alpha value is -0.770. The molecule has 1 atom stereocenters. The van der Waals surface area contributed by atoms with Gasteiger partial charge in [0.1, 0.15) is 5.41 Å². The topological polar surface area (TPSA) is 65.4 Å². The lowest BCUT2D eigenvalue weighted by Gasteiger charge is -2.43. The zero-order chi connectivity index (χ0) is 15.5. The number of nitrogens with zero attached hydrogens (tertiary/aromatic N) is 2. The molecule has 3 aliphatic rings. The number of hydrogen-bond donors (Lipinski definition) is 1. The Morgan fingerprint density at radius 3 is 2.59 bits per heavy atom. The maximum atomic E-state index is 12.6. The van der Waals surface area contributed by atoms with Crippen LogP contribution in [0.25, 0.3) is 0 Å². The van der Waals surface area contributed by atoms with Crippen molar-refractivity contribution in [3.8, 4) is 6.07 Å². The molecule has 1 amide bonds. The van der Waals surface area contributed by atoms with Crippen LogP contribution in [0.1, 0.15) is 32.1 Å². The SMILES string of the molecule is N#CC1(C(=O)NCC2(N3CCOCC3)CCSC2)CCCC1. The van der Waals surface area contributed by atoms with Crippen molar-refractivity contribution in [3.63, 3.8) is 0 Å². The molecule has 22 heavy (non-hydrogen) atoms. The van der Waals surface area contributed by atoms with Crippen molar-refractivity contribution in [1.82, 2.24) is 10.2 Å². The Morgan fingerprint density at radius 1 is 1.27 bits per heavy atom. The maximum Gasteiger partial charge on any atom is 0.240 e. The van der Waals surface area contributed by atoms with Gasteiger partial charge in [0.2, 0.25) is 5.91 Å². The van der Waals surface area contributed by atoms with Gasteiger partial charge in [-0.05, 0) is 25.0 Å². The normalized spacial score (nSPS) is 31.8. The number of nitrogens with one attached hydrogen (secondary N) is 1. The molecule has 5 nitrogen and oxygen atoms in total. The van der Waals surface area contributed by atoms with Crippen LogP contribution < -0.4 is 5.32 Å². The summed E-state index contributed by atoms with van der Waals surface area (Å²) < 4.78 is 5.47. The first-order valence-electron chi connectivity index (χ1n) is 8.31. The van der Waals surface area contributed by atoms with Gasteiger partial charge >= 0.3 is 0 Å². The molecular formula is C16H25N3O2S. The average molecular weight is 323 g/mol. The number of carbonyl (C=O) groups is 1. The fourth-order valence-corrected chi connectivity index (χ4v) is 5.39. The standard InChI is InChI=1S/C16H25N3O2S/c17-11-15(3-1-2-4-15)14(20)18-12-16(5-10-22-13-16)19-6-8-21-9-7-19/h1-10,12-13H2,(H,18,20). The number of carbonyl (C=O) groups excluding carboxylic acids is 1. The third-order valence-corrected chi connectivity index (χ3v) is 6.68. The van der Waals surface area contributed by atoms with E-state index in [2.05, 4.69) is 16.3 Å². The molecule has 122 valence electrons. The number of ether oxygens (including phenoxy) is 1. The van der Waals surface area contributed by atoms with Crippen LogP contribution in [-0.2, 0) is 9.53 Å². The number of nitriles is 1. The van der Waals surface area contributed by atoms with Crippen LogP contribution in [0.4, 0.5) is 0 Å². The summed E-state index contributed by atoms with van der Waals surface area (Å²) in [7, 11) is 0. The molecule has 6 heteroatoms. The van der Waals surface area contributed by atoms with Crippen molar-refractivity contribution in [3.05, 3.63) is 0 Å².